The zero-order valence-electron chi connectivity index (χ0n) is 12.8. The predicted octanol–water partition coefficient (Wildman–Crippen LogP) is 3.36. The van der Waals surface area contributed by atoms with Crippen molar-refractivity contribution < 1.29 is 10.2 Å². The van der Waals surface area contributed by atoms with Gasteiger partial charge >= 0.3 is 0 Å². The van der Waals surface area contributed by atoms with Gasteiger partial charge in [-0.25, -0.2) is 0 Å². The third-order valence-corrected chi connectivity index (χ3v) is 7.67. The van der Waals surface area contributed by atoms with Crippen LogP contribution in [0.2, 0.25) is 0 Å². The number of rotatable bonds is 0. The van der Waals surface area contributed by atoms with Gasteiger partial charge in [0, 0.05) is 0 Å². The van der Waals surface area contributed by atoms with Crippen LogP contribution in [0, 0.1) is 35.0 Å². The molecule has 20 heavy (non-hydrogen) atoms. The summed E-state index contributed by atoms with van der Waals surface area (Å²) < 4.78 is 0. The van der Waals surface area contributed by atoms with Crippen LogP contribution in [0.3, 0.4) is 0 Å². The first kappa shape index (κ1) is 13.6. The van der Waals surface area contributed by atoms with Crippen LogP contribution in [0.1, 0.15) is 64.7 Å². The topological polar surface area (TPSA) is 40.5 Å². The number of hydrogen-bond acceptors (Lipinski definition) is 2. The Labute approximate surface area is 123 Å². The van der Waals surface area contributed by atoms with Crippen LogP contribution >= 0.6 is 0 Å². The zero-order chi connectivity index (χ0) is 13.9. The molecular formula is C18H30O2. The van der Waals surface area contributed by atoms with Gasteiger partial charge in [0.2, 0.25) is 0 Å². The summed E-state index contributed by atoms with van der Waals surface area (Å²) in [7, 11) is 0. The number of aliphatic hydroxyl groups is 2. The molecule has 0 aromatic heterocycles. The zero-order valence-corrected chi connectivity index (χ0v) is 12.8. The highest BCUT2D eigenvalue weighted by Gasteiger charge is 2.55. The average molecular weight is 278 g/mol. The summed E-state index contributed by atoms with van der Waals surface area (Å²) in [6.45, 7) is 2.45. The van der Waals surface area contributed by atoms with E-state index in [1.54, 1.807) is 0 Å². The smallest absolute Gasteiger partial charge is 0.0548 e. The maximum atomic E-state index is 10.1. The Hall–Kier alpha value is -0.0800. The van der Waals surface area contributed by atoms with Gasteiger partial charge in [0.05, 0.1) is 12.2 Å². The average Bonchev–Trinajstić information content (AvgIpc) is 2.72. The molecule has 0 radical (unpaired) electrons. The van der Waals surface area contributed by atoms with Gasteiger partial charge in [-0.1, -0.05) is 6.92 Å². The van der Waals surface area contributed by atoms with Crippen molar-refractivity contribution in [2.45, 2.75) is 76.9 Å². The number of fused-ring (bicyclic) bond motifs is 5. The Bertz CT molecular complexity index is 382. The summed E-state index contributed by atoms with van der Waals surface area (Å²) in [5.41, 5.74) is 0.432. The first-order valence-electron chi connectivity index (χ1n) is 8.93. The van der Waals surface area contributed by atoms with E-state index in [1.807, 2.05) is 0 Å². The fourth-order valence-corrected chi connectivity index (χ4v) is 6.85. The molecule has 2 nitrogen and oxygen atoms in total. The fraction of sp³-hybridized carbons (Fsp3) is 1.00. The first-order valence-corrected chi connectivity index (χ1v) is 8.93. The Morgan fingerprint density at radius 3 is 2.45 bits per heavy atom. The van der Waals surface area contributed by atoms with E-state index in [0.717, 1.165) is 55.3 Å². The first-order chi connectivity index (χ1) is 9.57. The van der Waals surface area contributed by atoms with E-state index in [1.165, 1.54) is 32.1 Å². The molecule has 0 aliphatic heterocycles. The Balaban J connectivity index is 1.56. The second-order valence-electron chi connectivity index (χ2n) is 8.69. The van der Waals surface area contributed by atoms with Crippen LogP contribution in [-0.2, 0) is 0 Å². The fourth-order valence-electron chi connectivity index (χ4n) is 6.85. The summed E-state index contributed by atoms with van der Waals surface area (Å²) in [6, 6.07) is 0. The third-order valence-electron chi connectivity index (χ3n) is 7.67. The van der Waals surface area contributed by atoms with Crippen molar-refractivity contribution in [2.75, 3.05) is 0 Å². The van der Waals surface area contributed by atoms with Crippen LogP contribution in [-0.4, -0.2) is 22.4 Å². The summed E-state index contributed by atoms with van der Waals surface area (Å²) in [4.78, 5) is 0. The highest BCUT2D eigenvalue weighted by Crippen LogP contribution is 2.62. The highest BCUT2D eigenvalue weighted by atomic mass is 16.3. The van der Waals surface area contributed by atoms with Gasteiger partial charge in [-0.15, -0.1) is 0 Å². The lowest BCUT2D eigenvalue weighted by Gasteiger charge is -2.55. The van der Waals surface area contributed by atoms with Gasteiger partial charge in [0.15, 0.2) is 0 Å². The second kappa shape index (κ2) is 4.71. The molecule has 0 saturated heterocycles. The van der Waals surface area contributed by atoms with Gasteiger partial charge < -0.3 is 10.2 Å². The predicted molar refractivity (Wildman–Crippen MR) is 79.1 cm³/mol. The van der Waals surface area contributed by atoms with Gasteiger partial charge in [-0.2, -0.15) is 0 Å². The van der Waals surface area contributed by atoms with Gasteiger partial charge in [-0.05, 0) is 92.8 Å². The van der Waals surface area contributed by atoms with Crippen molar-refractivity contribution >= 4 is 0 Å². The van der Waals surface area contributed by atoms with Crippen molar-refractivity contribution in [3.05, 3.63) is 0 Å². The summed E-state index contributed by atoms with van der Waals surface area (Å²) in [6.07, 6.45) is 10.9. The van der Waals surface area contributed by atoms with Crippen molar-refractivity contribution in [2.24, 2.45) is 35.0 Å². The Morgan fingerprint density at radius 1 is 0.800 bits per heavy atom. The highest BCUT2D eigenvalue weighted by molar-refractivity contribution is 5.05. The van der Waals surface area contributed by atoms with Gasteiger partial charge in [0.1, 0.15) is 0 Å². The van der Waals surface area contributed by atoms with Crippen LogP contribution in [0.15, 0.2) is 0 Å². The summed E-state index contributed by atoms with van der Waals surface area (Å²) in [5.74, 6) is 4.26. The molecule has 0 heterocycles. The molecule has 4 rings (SSSR count). The molecule has 0 bridgehead atoms. The SMILES string of the molecule is C[C@]12CC[C@H]3[C@@H](CCC4CC(O)CC[C@@H]43)[C@@H]1C[C@@H](O)C2. The van der Waals surface area contributed by atoms with E-state index in [-0.39, 0.29) is 12.2 Å². The third kappa shape index (κ3) is 1.98. The minimum Gasteiger partial charge on any atom is -0.393 e. The maximum absolute atomic E-state index is 10.1. The van der Waals surface area contributed by atoms with Crippen molar-refractivity contribution in [1.29, 1.82) is 0 Å². The quantitative estimate of drug-likeness (QED) is 0.713. The molecule has 4 fully saturated rings. The Morgan fingerprint density at radius 2 is 1.60 bits per heavy atom. The maximum Gasteiger partial charge on any atom is 0.0548 e. The van der Waals surface area contributed by atoms with Crippen molar-refractivity contribution in [3.8, 4) is 0 Å². The van der Waals surface area contributed by atoms with E-state index in [9.17, 15) is 10.2 Å². The molecule has 2 heteroatoms. The molecule has 8 atom stereocenters. The van der Waals surface area contributed by atoms with Crippen LogP contribution in [0.25, 0.3) is 0 Å². The summed E-state index contributed by atoms with van der Waals surface area (Å²) in [5, 5.41) is 20.1. The molecule has 4 aliphatic rings. The minimum atomic E-state index is -0.0327. The standard InChI is InChI=1S/C18H30O2/c1-18-7-6-15-14-5-3-12(19)8-11(14)2-4-16(15)17(18)9-13(20)10-18/h11-17,19-20H,2-10H2,1H3/t11?,12?,13-,14+,15-,16-,17+,18-/m1/s1. The minimum absolute atomic E-state index is 0.0186. The number of hydrogen-bond donors (Lipinski definition) is 2. The molecule has 4 saturated carbocycles. The largest absolute Gasteiger partial charge is 0.393 e. The van der Waals surface area contributed by atoms with E-state index >= 15 is 0 Å². The molecule has 0 aromatic rings. The van der Waals surface area contributed by atoms with E-state index in [4.69, 9.17) is 0 Å². The normalized spacial score (nSPS) is 58.6. The van der Waals surface area contributed by atoms with E-state index in [2.05, 4.69) is 6.92 Å². The summed E-state index contributed by atoms with van der Waals surface area (Å²) >= 11 is 0. The second-order valence-corrected chi connectivity index (χ2v) is 8.69. The molecular weight excluding hydrogens is 248 g/mol. The molecule has 4 aliphatic carbocycles. The van der Waals surface area contributed by atoms with Gasteiger partial charge in [-0.3, -0.25) is 0 Å². The van der Waals surface area contributed by atoms with Crippen LogP contribution in [0.5, 0.6) is 0 Å². The molecule has 2 unspecified atom stereocenters. The molecule has 0 aromatic carbocycles. The Kier molecular flexibility index (Phi) is 3.20. The van der Waals surface area contributed by atoms with E-state index < -0.39 is 0 Å². The monoisotopic (exact) mass is 278 g/mol. The number of aliphatic hydroxyl groups excluding tert-OH is 2. The molecule has 2 N–H and O–H groups in total. The lowest BCUT2D eigenvalue weighted by atomic mass is 9.50. The molecule has 0 amide bonds. The lowest BCUT2D eigenvalue weighted by molar-refractivity contribution is -0.0676. The van der Waals surface area contributed by atoms with Crippen molar-refractivity contribution in [1.82, 2.24) is 0 Å². The van der Waals surface area contributed by atoms with Crippen LogP contribution < -0.4 is 0 Å². The van der Waals surface area contributed by atoms with Crippen molar-refractivity contribution in [3.63, 3.8) is 0 Å². The molecule has 114 valence electrons. The van der Waals surface area contributed by atoms with Gasteiger partial charge in [0.25, 0.3) is 0 Å². The lowest BCUT2D eigenvalue weighted by Crippen LogP contribution is -2.47. The molecule has 0 spiro atoms. The van der Waals surface area contributed by atoms with Crippen LogP contribution in [0.4, 0.5) is 0 Å². The van der Waals surface area contributed by atoms with E-state index in [0.29, 0.717) is 5.41 Å².